The van der Waals surface area contributed by atoms with E-state index in [1.165, 1.54) is 18.7 Å². The van der Waals surface area contributed by atoms with Gasteiger partial charge in [-0.2, -0.15) is 0 Å². The number of esters is 1. The molecule has 0 bridgehead atoms. The maximum absolute atomic E-state index is 12.1. The van der Waals surface area contributed by atoms with Gasteiger partial charge in [0.05, 0.1) is 0 Å². The second kappa shape index (κ2) is 9.99. The topological polar surface area (TPSA) is 84.5 Å². The van der Waals surface area contributed by atoms with Crippen LogP contribution < -0.4 is 10.6 Å². The third-order valence-corrected chi connectivity index (χ3v) is 4.61. The van der Waals surface area contributed by atoms with Crippen LogP contribution >= 0.6 is 23.4 Å². The van der Waals surface area contributed by atoms with Crippen molar-refractivity contribution in [2.75, 3.05) is 17.2 Å². The summed E-state index contributed by atoms with van der Waals surface area (Å²) < 4.78 is 5.06. The van der Waals surface area contributed by atoms with Crippen molar-refractivity contribution < 1.29 is 19.1 Å². The zero-order valence-electron chi connectivity index (χ0n) is 14.8. The number of amides is 2. The molecule has 1 atom stereocenters. The standard InChI is InChI=1S/C19H19ClN2O4S/c1-12(27-17-8-6-14(20)7-9-17)19(25)26-11-18(24)22-16-5-3-4-15(10-16)21-13(2)23/h3-10,12H,11H2,1-2H3,(H,21,23)(H,22,24)/t12-/m0/s1. The molecule has 6 nitrogen and oxygen atoms in total. The number of rotatable bonds is 7. The minimum Gasteiger partial charge on any atom is -0.455 e. The van der Waals surface area contributed by atoms with Crippen LogP contribution in [0, 0.1) is 0 Å². The number of hydrogen-bond acceptors (Lipinski definition) is 5. The highest BCUT2D eigenvalue weighted by Gasteiger charge is 2.17. The van der Waals surface area contributed by atoms with E-state index in [4.69, 9.17) is 16.3 Å². The Kier molecular flexibility index (Phi) is 7.69. The van der Waals surface area contributed by atoms with Crippen LogP contribution in [-0.2, 0) is 19.1 Å². The average molecular weight is 407 g/mol. The third kappa shape index (κ3) is 7.32. The summed E-state index contributed by atoms with van der Waals surface area (Å²) in [4.78, 5) is 36.0. The van der Waals surface area contributed by atoms with Crippen LogP contribution in [0.15, 0.2) is 53.4 Å². The lowest BCUT2D eigenvalue weighted by Gasteiger charge is -2.12. The molecule has 0 saturated heterocycles. The van der Waals surface area contributed by atoms with Crippen molar-refractivity contribution in [3.63, 3.8) is 0 Å². The third-order valence-electron chi connectivity index (χ3n) is 3.27. The van der Waals surface area contributed by atoms with Gasteiger partial charge in [-0.3, -0.25) is 14.4 Å². The van der Waals surface area contributed by atoms with Crippen molar-refractivity contribution in [3.8, 4) is 0 Å². The monoisotopic (exact) mass is 406 g/mol. The maximum atomic E-state index is 12.1. The molecule has 2 N–H and O–H groups in total. The summed E-state index contributed by atoms with van der Waals surface area (Å²) in [6, 6.07) is 13.8. The predicted octanol–water partition coefficient (Wildman–Crippen LogP) is 3.96. The lowest BCUT2D eigenvalue weighted by molar-refractivity contribution is -0.146. The first-order valence-electron chi connectivity index (χ1n) is 8.10. The quantitative estimate of drug-likeness (QED) is 0.537. The van der Waals surface area contributed by atoms with Gasteiger partial charge in [0.1, 0.15) is 5.25 Å². The van der Waals surface area contributed by atoms with Crippen LogP contribution in [0.4, 0.5) is 11.4 Å². The molecule has 0 fully saturated rings. The zero-order valence-corrected chi connectivity index (χ0v) is 16.4. The smallest absolute Gasteiger partial charge is 0.319 e. The highest BCUT2D eigenvalue weighted by molar-refractivity contribution is 8.00. The van der Waals surface area contributed by atoms with Gasteiger partial charge in [0.15, 0.2) is 6.61 Å². The van der Waals surface area contributed by atoms with E-state index in [2.05, 4.69) is 10.6 Å². The summed E-state index contributed by atoms with van der Waals surface area (Å²) in [5.74, 6) is -1.16. The van der Waals surface area contributed by atoms with E-state index in [0.717, 1.165) is 4.90 Å². The number of ether oxygens (including phenoxy) is 1. The van der Waals surface area contributed by atoms with Gasteiger partial charge in [-0.05, 0) is 49.4 Å². The largest absolute Gasteiger partial charge is 0.455 e. The van der Waals surface area contributed by atoms with Crippen molar-refractivity contribution in [2.45, 2.75) is 24.0 Å². The highest BCUT2D eigenvalue weighted by Crippen LogP contribution is 2.25. The molecule has 0 aliphatic rings. The number of nitrogens with one attached hydrogen (secondary N) is 2. The fourth-order valence-corrected chi connectivity index (χ4v) is 3.09. The van der Waals surface area contributed by atoms with Crippen LogP contribution in [0.1, 0.15) is 13.8 Å². The Morgan fingerprint density at radius 3 is 2.33 bits per heavy atom. The molecule has 0 heterocycles. The Morgan fingerprint density at radius 1 is 1.07 bits per heavy atom. The Balaban J connectivity index is 1.81. The van der Waals surface area contributed by atoms with Crippen LogP contribution in [0.3, 0.4) is 0 Å². The van der Waals surface area contributed by atoms with Crippen LogP contribution in [0.2, 0.25) is 5.02 Å². The van der Waals surface area contributed by atoms with E-state index in [1.54, 1.807) is 43.3 Å². The number of hydrogen-bond donors (Lipinski definition) is 2. The molecule has 0 saturated carbocycles. The molecule has 0 spiro atoms. The number of carbonyl (C=O) groups is 3. The second-order valence-corrected chi connectivity index (χ2v) is 7.48. The van der Waals surface area contributed by atoms with E-state index in [0.29, 0.717) is 16.4 Å². The maximum Gasteiger partial charge on any atom is 0.319 e. The summed E-state index contributed by atoms with van der Waals surface area (Å²) in [5.41, 5.74) is 1.05. The molecule has 0 aliphatic heterocycles. The molecule has 2 amide bonds. The van der Waals surface area contributed by atoms with Crippen molar-refractivity contribution >= 4 is 52.5 Å². The molecule has 2 rings (SSSR count). The Hall–Kier alpha value is -2.51. The SMILES string of the molecule is CC(=O)Nc1cccc(NC(=O)COC(=O)[C@H](C)Sc2ccc(Cl)cc2)c1. The molecule has 8 heteroatoms. The van der Waals surface area contributed by atoms with Crippen molar-refractivity contribution in [3.05, 3.63) is 53.6 Å². The van der Waals surface area contributed by atoms with Gasteiger partial charge in [0.25, 0.3) is 5.91 Å². The fourth-order valence-electron chi connectivity index (χ4n) is 2.09. The zero-order chi connectivity index (χ0) is 19.8. The average Bonchev–Trinajstić information content (AvgIpc) is 2.61. The number of carbonyl (C=O) groups excluding carboxylic acids is 3. The summed E-state index contributed by atoms with van der Waals surface area (Å²) in [7, 11) is 0. The summed E-state index contributed by atoms with van der Waals surface area (Å²) in [6.45, 7) is 2.71. The molecular formula is C19H19ClN2O4S. The van der Waals surface area contributed by atoms with E-state index >= 15 is 0 Å². The second-order valence-electron chi connectivity index (χ2n) is 5.63. The minimum atomic E-state index is -0.489. The van der Waals surface area contributed by atoms with Gasteiger partial charge in [-0.25, -0.2) is 0 Å². The number of halogens is 1. The van der Waals surface area contributed by atoms with Crippen molar-refractivity contribution in [1.82, 2.24) is 0 Å². The minimum absolute atomic E-state index is 0.209. The van der Waals surface area contributed by atoms with E-state index in [9.17, 15) is 14.4 Å². The van der Waals surface area contributed by atoms with Crippen LogP contribution in [0.25, 0.3) is 0 Å². The summed E-state index contributed by atoms with van der Waals surface area (Å²) in [6.07, 6.45) is 0. The van der Waals surface area contributed by atoms with Gasteiger partial charge in [-0.1, -0.05) is 17.7 Å². The van der Waals surface area contributed by atoms with Gasteiger partial charge in [-0.15, -0.1) is 11.8 Å². The highest BCUT2D eigenvalue weighted by atomic mass is 35.5. The molecule has 0 radical (unpaired) electrons. The Labute approximate surface area is 166 Å². The van der Waals surface area contributed by atoms with E-state index in [-0.39, 0.29) is 5.91 Å². The van der Waals surface area contributed by atoms with Gasteiger partial charge < -0.3 is 15.4 Å². The van der Waals surface area contributed by atoms with Gasteiger partial charge >= 0.3 is 5.97 Å². The normalized spacial score (nSPS) is 11.4. The summed E-state index contributed by atoms with van der Waals surface area (Å²) >= 11 is 7.15. The van der Waals surface area contributed by atoms with Gasteiger partial charge in [0, 0.05) is 28.2 Å². The first kappa shape index (κ1) is 20.8. The van der Waals surface area contributed by atoms with Crippen molar-refractivity contribution in [2.24, 2.45) is 0 Å². The molecule has 0 aromatic heterocycles. The first-order valence-corrected chi connectivity index (χ1v) is 9.35. The number of anilines is 2. The van der Waals surface area contributed by atoms with Crippen LogP contribution in [0.5, 0.6) is 0 Å². The fraction of sp³-hybridized carbons (Fsp3) is 0.211. The van der Waals surface area contributed by atoms with Crippen LogP contribution in [-0.4, -0.2) is 29.6 Å². The lowest BCUT2D eigenvalue weighted by Crippen LogP contribution is -2.24. The number of thioether (sulfide) groups is 1. The Bertz CT molecular complexity index is 827. The molecule has 142 valence electrons. The molecule has 2 aromatic rings. The molecule has 0 aliphatic carbocycles. The van der Waals surface area contributed by atoms with E-state index < -0.39 is 23.7 Å². The molecule has 0 unspecified atom stereocenters. The van der Waals surface area contributed by atoms with Crippen molar-refractivity contribution in [1.29, 1.82) is 0 Å². The van der Waals surface area contributed by atoms with E-state index in [1.807, 2.05) is 12.1 Å². The molecule has 27 heavy (non-hydrogen) atoms. The molecular weight excluding hydrogens is 388 g/mol. The van der Waals surface area contributed by atoms with Gasteiger partial charge in [0.2, 0.25) is 5.91 Å². The number of benzene rings is 2. The first-order chi connectivity index (χ1) is 12.8. The Morgan fingerprint density at radius 2 is 1.70 bits per heavy atom. The summed E-state index contributed by atoms with van der Waals surface area (Å²) in [5, 5.41) is 5.39. The predicted molar refractivity (Wildman–Crippen MR) is 107 cm³/mol. The molecule has 2 aromatic carbocycles. The lowest BCUT2D eigenvalue weighted by atomic mass is 10.2.